The summed E-state index contributed by atoms with van der Waals surface area (Å²) in [5, 5.41) is 15.3. The Labute approximate surface area is 129 Å². The molecule has 1 aromatic heterocycles. The second kappa shape index (κ2) is 6.58. The summed E-state index contributed by atoms with van der Waals surface area (Å²) in [4.78, 5) is 0. The molecule has 1 N–H and O–H groups in total. The van der Waals surface area contributed by atoms with Crippen molar-refractivity contribution >= 4 is 15.9 Å². The quantitative estimate of drug-likeness (QED) is 0.885. The maximum atomic E-state index is 11.0. The first-order valence-corrected chi connectivity index (χ1v) is 8.36. The zero-order chi connectivity index (χ0) is 14.8. The highest BCUT2D eigenvalue weighted by atomic mass is 79.9. The van der Waals surface area contributed by atoms with Crippen LogP contribution in [0.25, 0.3) is 0 Å². The van der Waals surface area contributed by atoms with Crippen molar-refractivity contribution in [3.63, 3.8) is 0 Å². The minimum absolute atomic E-state index is 0.470. The largest absolute Gasteiger partial charge is 0.384 e. The van der Waals surface area contributed by atoms with Crippen molar-refractivity contribution < 1.29 is 9.84 Å². The Hall–Kier alpha value is -0.390. The molecule has 4 nitrogen and oxygen atoms in total. The molecule has 0 aliphatic heterocycles. The molecule has 0 bridgehead atoms. The minimum atomic E-state index is -0.637. The van der Waals surface area contributed by atoms with E-state index in [9.17, 15) is 5.11 Å². The number of hydrogen-bond acceptors (Lipinski definition) is 3. The Morgan fingerprint density at radius 1 is 1.60 bits per heavy atom. The van der Waals surface area contributed by atoms with Crippen molar-refractivity contribution in [2.24, 2.45) is 5.92 Å². The van der Waals surface area contributed by atoms with E-state index in [1.807, 2.05) is 18.5 Å². The van der Waals surface area contributed by atoms with E-state index in [2.05, 4.69) is 28.0 Å². The molecule has 2 rings (SSSR count). The molecular weight excluding hydrogens is 320 g/mol. The van der Waals surface area contributed by atoms with Crippen LogP contribution in [-0.4, -0.2) is 27.1 Å². The van der Waals surface area contributed by atoms with Crippen molar-refractivity contribution in [1.29, 1.82) is 0 Å². The molecule has 1 saturated carbocycles. The van der Waals surface area contributed by atoms with Crippen LogP contribution < -0.4 is 0 Å². The van der Waals surface area contributed by atoms with E-state index in [-0.39, 0.29) is 0 Å². The van der Waals surface area contributed by atoms with Gasteiger partial charge in [0, 0.05) is 13.2 Å². The summed E-state index contributed by atoms with van der Waals surface area (Å²) in [5.41, 5.74) is 0.372. The van der Waals surface area contributed by atoms with Crippen molar-refractivity contribution in [3.8, 4) is 0 Å². The molecule has 3 unspecified atom stereocenters. The normalized spacial score (nSPS) is 28.6. The molecule has 0 aromatic carbocycles. The average Bonchev–Trinajstić information content (AvgIpc) is 2.79. The first-order valence-electron chi connectivity index (χ1n) is 7.57. The Balaban J connectivity index is 2.35. The molecule has 5 heteroatoms. The monoisotopic (exact) mass is 344 g/mol. The summed E-state index contributed by atoms with van der Waals surface area (Å²) in [7, 11) is 0. The van der Waals surface area contributed by atoms with Gasteiger partial charge < -0.3 is 9.84 Å². The first-order chi connectivity index (χ1) is 9.54. The molecule has 1 fully saturated rings. The molecule has 114 valence electrons. The van der Waals surface area contributed by atoms with Crippen molar-refractivity contribution in [2.45, 2.75) is 64.7 Å². The van der Waals surface area contributed by atoms with Crippen LogP contribution in [0.15, 0.2) is 10.7 Å². The average molecular weight is 345 g/mol. The van der Waals surface area contributed by atoms with Gasteiger partial charge in [-0.3, -0.25) is 4.68 Å². The third kappa shape index (κ3) is 2.95. The number of nitrogens with zero attached hydrogens (tertiary/aromatic N) is 2. The van der Waals surface area contributed by atoms with Crippen molar-refractivity contribution in [3.05, 3.63) is 16.4 Å². The van der Waals surface area contributed by atoms with Gasteiger partial charge in [0.05, 0.1) is 22.0 Å². The van der Waals surface area contributed by atoms with Gasteiger partial charge in [-0.2, -0.15) is 5.10 Å². The third-order valence-electron chi connectivity index (χ3n) is 4.31. The Morgan fingerprint density at radius 2 is 2.35 bits per heavy atom. The molecule has 1 aliphatic carbocycles. The summed E-state index contributed by atoms with van der Waals surface area (Å²) < 4.78 is 8.79. The lowest BCUT2D eigenvalue weighted by atomic mass is 9.74. The van der Waals surface area contributed by atoms with Crippen LogP contribution in [0.3, 0.4) is 0 Å². The second-order valence-electron chi connectivity index (χ2n) is 5.80. The third-order valence-corrected chi connectivity index (χ3v) is 4.92. The zero-order valence-corrected chi connectivity index (χ0v) is 14.2. The Kier molecular flexibility index (Phi) is 5.26. The molecular formula is C15H25BrN2O2. The SMILES string of the molecule is CCOC1(C(O)c2c(Br)cnn2CC)CCCC(C)C1. The number of halogens is 1. The predicted molar refractivity (Wildman–Crippen MR) is 82.5 cm³/mol. The number of rotatable bonds is 5. The molecule has 20 heavy (non-hydrogen) atoms. The van der Waals surface area contributed by atoms with Gasteiger partial charge >= 0.3 is 0 Å². The Bertz CT molecular complexity index is 445. The van der Waals surface area contributed by atoms with Gasteiger partial charge in [0.15, 0.2) is 0 Å². The van der Waals surface area contributed by atoms with E-state index < -0.39 is 11.7 Å². The minimum Gasteiger partial charge on any atom is -0.384 e. The van der Waals surface area contributed by atoms with E-state index in [0.717, 1.165) is 36.0 Å². The number of aliphatic hydroxyl groups is 1. The van der Waals surface area contributed by atoms with E-state index >= 15 is 0 Å². The predicted octanol–water partition coefficient (Wildman–Crippen LogP) is 3.68. The van der Waals surface area contributed by atoms with E-state index in [0.29, 0.717) is 12.5 Å². The Morgan fingerprint density at radius 3 is 2.95 bits per heavy atom. The van der Waals surface area contributed by atoms with E-state index in [1.54, 1.807) is 6.20 Å². The van der Waals surface area contributed by atoms with Crippen LogP contribution in [0, 0.1) is 5.92 Å². The number of hydrogen-bond donors (Lipinski definition) is 1. The molecule has 0 saturated heterocycles. The van der Waals surface area contributed by atoms with Gasteiger partial charge in [-0.15, -0.1) is 0 Å². The molecule has 1 heterocycles. The number of ether oxygens (including phenoxy) is 1. The fourth-order valence-electron chi connectivity index (χ4n) is 3.43. The van der Waals surface area contributed by atoms with E-state index in [1.165, 1.54) is 6.42 Å². The topological polar surface area (TPSA) is 47.3 Å². The molecule has 1 aromatic rings. The lowest BCUT2D eigenvalue weighted by Gasteiger charge is -2.43. The van der Waals surface area contributed by atoms with Crippen LogP contribution in [0.4, 0.5) is 0 Å². The lowest BCUT2D eigenvalue weighted by Crippen LogP contribution is -2.44. The van der Waals surface area contributed by atoms with Gasteiger partial charge in [-0.25, -0.2) is 0 Å². The van der Waals surface area contributed by atoms with Gasteiger partial charge in [-0.05, 0) is 48.5 Å². The fourth-order valence-corrected chi connectivity index (χ4v) is 3.95. The summed E-state index contributed by atoms with van der Waals surface area (Å²) in [5.74, 6) is 0.585. The highest BCUT2D eigenvalue weighted by Crippen LogP contribution is 2.45. The summed E-state index contributed by atoms with van der Waals surface area (Å²) in [6.07, 6.45) is 5.26. The fraction of sp³-hybridized carbons (Fsp3) is 0.800. The highest BCUT2D eigenvalue weighted by Gasteiger charge is 2.44. The van der Waals surface area contributed by atoms with Crippen LogP contribution in [0.2, 0.25) is 0 Å². The first kappa shape index (κ1) is 16.0. The van der Waals surface area contributed by atoms with Gasteiger partial charge in [-0.1, -0.05) is 19.8 Å². The smallest absolute Gasteiger partial charge is 0.126 e. The van der Waals surface area contributed by atoms with Gasteiger partial charge in [0.25, 0.3) is 0 Å². The van der Waals surface area contributed by atoms with Crippen molar-refractivity contribution in [1.82, 2.24) is 9.78 Å². The van der Waals surface area contributed by atoms with Crippen LogP contribution in [0.1, 0.15) is 58.3 Å². The standard InChI is InChI=1S/C15H25BrN2O2/c1-4-18-13(12(16)10-17-18)14(19)15(20-5-2)8-6-7-11(3)9-15/h10-11,14,19H,4-9H2,1-3H3. The summed E-state index contributed by atoms with van der Waals surface area (Å²) in [6, 6.07) is 0. The van der Waals surface area contributed by atoms with Crippen LogP contribution in [-0.2, 0) is 11.3 Å². The lowest BCUT2D eigenvalue weighted by molar-refractivity contribution is -0.152. The van der Waals surface area contributed by atoms with Gasteiger partial charge in [0.2, 0.25) is 0 Å². The summed E-state index contributed by atoms with van der Waals surface area (Å²) >= 11 is 3.52. The molecule has 1 aliphatic rings. The van der Waals surface area contributed by atoms with E-state index in [4.69, 9.17) is 4.74 Å². The van der Waals surface area contributed by atoms with Gasteiger partial charge in [0.1, 0.15) is 6.10 Å². The van der Waals surface area contributed by atoms with Crippen LogP contribution in [0.5, 0.6) is 0 Å². The molecule has 3 atom stereocenters. The number of aliphatic hydroxyl groups excluding tert-OH is 1. The molecule has 0 spiro atoms. The maximum Gasteiger partial charge on any atom is 0.126 e. The number of aromatic nitrogens is 2. The second-order valence-corrected chi connectivity index (χ2v) is 6.65. The number of aryl methyl sites for hydroxylation is 1. The zero-order valence-electron chi connectivity index (χ0n) is 12.6. The van der Waals surface area contributed by atoms with Crippen LogP contribution >= 0.6 is 15.9 Å². The molecule has 0 amide bonds. The van der Waals surface area contributed by atoms with Crippen molar-refractivity contribution in [2.75, 3.05) is 6.61 Å². The highest BCUT2D eigenvalue weighted by molar-refractivity contribution is 9.10. The summed E-state index contributed by atoms with van der Waals surface area (Å²) in [6.45, 7) is 7.65. The molecule has 0 radical (unpaired) electrons. The maximum absolute atomic E-state index is 11.0.